The van der Waals surface area contributed by atoms with Gasteiger partial charge in [-0.25, -0.2) is 0 Å². The maximum atomic E-state index is 5.47. The van der Waals surface area contributed by atoms with Gasteiger partial charge in [0.2, 0.25) is 5.82 Å². The Morgan fingerprint density at radius 3 is 2.79 bits per heavy atom. The Hall–Kier alpha value is -2.84. The lowest BCUT2D eigenvalue weighted by Crippen LogP contribution is -2.03. The molecule has 0 spiro atoms. The molecule has 0 aliphatic carbocycles. The van der Waals surface area contributed by atoms with Crippen LogP contribution >= 0.6 is 0 Å². The molecule has 0 aliphatic heterocycles. The molecule has 3 aromatic rings. The second kappa shape index (κ2) is 4.80. The van der Waals surface area contributed by atoms with Crippen LogP contribution in [0.15, 0.2) is 24.5 Å². The Kier molecular flexibility index (Phi) is 2.85. The molecule has 1 N–H and O–H groups in total. The number of nitrogens with zero attached hydrogens (tertiary/aromatic N) is 7. The second-order valence-corrected chi connectivity index (χ2v) is 3.72. The number of nitrogens with one attached hydrogen (secondary N) is 1. The Bertz CT molecular complexity index is 647. The van der Waals surface area contributed by atoms with Crippen molar-refractivity contribution in [3.05, 3.63) is 30.4 Å². The molecule has 0 radical (unpaired) electrons. The maximum absolute atomic E-state index is 5.47. The molecule has 0 amide bonds. The SMILES string of the molecule is Cn1c(OCc2nn[nH]n2)nnc1-c1ccncc1. The van der Waals surface area contributed by atoms with Crippen molar-refractivity contribution in [1.82, 2.24) is 40.4 Å². The van der Waals surface area contributed by atoms with Gasteiger partial charge in [-0.05, 0) is 12.1 Å². The Labute approximate surface area is 107 Å². The van der Waals surface area contributed by atoms with Gasteiger partial charge in [0, 0.05) is 25.0 Å². The lowest BCUT2D eigenvalue weighted by Gasteiger charge is -2.03. The highest BCUT2D eigenvalue weighted by Crippen LogP contribution is 2.19. The molecule has 9 nitrogen and oxygen atoms in total. The Balaban J connectivity index is 1.79. The first-order valence-corrected chi connectivity index (χ1v) is 5.49. The number of hydrogen-bond acceptors (Lipinski definition) is 7. The molecule has 0 fully saturated rings. The molecule has 0 aromatic carbocycles. The largest absolute Gasteiger partial charge is 0.455 e. The van der Waals surface area contributed by atoms with Crippen molar-refractivity contribution >= 4 is 0 Å². The van der Waals surface area contributed by atoms with Crippen LogP contribution < -0.4 is 4.74 Å². The summed E-state index contributed by atoms with van der Waals surface area (Å²) in [4.78, 5) is 3.96. The van der Waals surface area contributed by atoms with Gasteiger partial charge in [0.15, 0.2) is 12.4 Å². The number of hydrogen-bond donors (Lipinski definition) is 1. The number of pyridine rings is 1. The van der Waals surface area contributed by atoms with Crippen molar-refractivity contribution < 1.29 is 4.74 Å². The van der Waals surface area contributed by atoms with E-state index in [0.717, 1.165) is 5.56 Å². The van der Waals surface area contributed by atoms with E-state index >= 15 is 0 Å². The van der Waals surface area contributed by atoms with Crippen LogP contribution in [0.5, 0.6) is 6.01 Å². The molecular weight excluding hydrogens is 248 g/mol. The minimum absolute atomic E-state index is 0.179. The molecule has 0 saturated carbocycles. The first-order chi connectivity index (χ1) is 9.34. The van der Waals surface area contributed by atoms with Gasteiger partial charge in [-0.3, -0.25) is 9.55 Å². The molecular formula is C10H10N8O. The summed E-state index contributed by atoms with van der Waals surface area (Å²) in [6.07, 6.45) is 3.40. The number of tetrazole rings is 1. The zero-order valence-electron chi connectivity index (χ0n) is 10.1. The summed E-state index contributed by atoms with van der Waals surface area (Å²) in [5.41, 5.74) is 0.916. The first-order valence-electron chi connectivity index (χ1n) is 5.49. The summed E-state index contributed by atoms with van der Waals surface area (Å²) in [5.74, 6) is 1.15. The van der Waals surface area contributed by atoms with Crippen LogP contribution in [0.3, 0.4) is 0 Å². The van der Waals surface area contributed by atoms with Gasteiger partial charge in [-0.15, -0.1) is 15.3 Å². The molecule has 3 rings (SSSR count). The highest BCUT2D eigenvalue weighted by atomic mass is 16.5. The summed E-state index contributed by atoms with van der Waals surface area (Å²) in [6.45, 7) is 0.179. The van der Waals surface area contributed by atoms with Gasteiger partial charge < -0.3 is 4.74 Å². The summed E-state index contributed by atoms with van der Waals surface area (Å²) in [7, 11) is 1.82. The van der Waals surface area contributed by atoms with Gasteiger partial charge in [-0.2, -0.15) is 5.21 Å². The zero-order chi connectivity index (χ0) is 13.1. The molecule has 9 heteroatoms. The van der Waals surface area contributed by atoms with E-state index in [4.69, 9.17) is 4.74 Å². The Morgan fingerprint density at radius 1 is 1.21 bits per heavy atom. The van der Waals surface area contributed by atoms with E-state index < -0.39 is 0 Å². The fourth-order valence-corrected chi connectivity index (χ4v) is 1.57. The fraction of sp³-hybridized carbons (Fsp3) is 0.200. The monoisotopic (exact) mass is 258 g/mol. The van der Waals surface area contributed by atoms with Crippen molar-refractivity contribution in [2.24, 2.45) is 7.05 Å². The third-order valence-corrected chi connectivity index (χ3v) is 2.49. The smallest absolute Gasteiger partial charge is 0.317 e. The average Bonchev–Trinajstić information content (AvgIpc) is 3.07. The number of H-pyrrole nitrogens is 1. The standard InChI is InChI=1S/C10H10N8O/c1-18-9(7-2-4-11-5-3-7)14-15-10(18)19-6-8-12-16-17-13-8/h2-5H,6H2,1H3,(H,12,13,16,17). The molecule has 0 atom stereocenters. The van der Waals surface area contributed by atoms with Crippen LogP contribution in [-0.4, -0.2) is 40.4 Å². The van der Waals surface area contributed by atoms with E-state index in [1.165, 1.54) is 0 Å². The van der Waals surface area contributed by atoms with Gasteiger partial charge >= 0.3 is 6.01 Å². The van der Waals surface area contributed by atoms with E-state index in [1.807, 2.05) is 19.2 Å². The lowest BCUT2D eigenvalue weighted by atomic mass is 10.2. The highest BCUT2D eigenvalue weighted by Gasteiger charge is 2.12. The minimum Gasteiger partial charge on any atom is -0.455 e. The number of rotatable bonds is 4. The molecule has 3 heterocycles. The van der Waals surface area contributed by atoms with E-state index in [-0.39, 0.29) is 6.61 Å². The van der Waals surface area contributed by atoms with Crippen LogP contribution in [0.2, 0.25) is 0 Å². The predicted molar refractivity (Wildman–Crippen MR) is 62.7 cm³/mol. The van der Waals surface area contributed by atoms with Crippen LogP contribution in [-0.2, 0) is 13.7 Å². The molecule has 0 bridgehead atoms. The number of aromatic nitrogens is 8. The third-order valence-electron chi connectivity index (χ3n) is 2.49. The lowest BCUT2D eigenvalue weighted by molar-refractivity contribution is 0.262. The van der Waals surface area contributed by atoms with Crippen LogP contribution in [0.25, 0.3) is 11.4 Å². The van der Waals surface area contributed by atoms with Crippen molar-refractivity contribution in [3.8, 4) is 17.4 Å². The zero-order valence-corrected chi connectivity index (χ0v) is 10.1. The van der Waals surface area contributed by atoms with Crippen molar-refractivity contribution in [2.45, 2.75) is 6.61 Å². The third kappa shape index (κ3) is 2.25. The number of ether oxygens (including phenoxy) is 1. The highest BCUT2D eigenvalue weighted by molar-refractivity contribution is 5.54. The van der Waals surface area contributed by atoms with Crippen molar-refractivity contribution in [3.63, 3.8) is 0 Å². The normalized spacial score (nSPS) is 10.6. The van der Waals surface area contributed by atoms with Gasteiger partial charge in [0.05, 0.1) is 0 Å². The van der Waals surface area contributed by atoms with E-state index in [2.05, 4.69) is 35.8 Å². The Morgan fingerprint density at radius 2 is 2.05 bits per heavy atom. The van der Waals surface area contributed by atoms with E-state index in [9.17, 15) is 0 Å². The summed E-state index contributed by atoms with van der Waals surface area (Å²) in [6, 6.07) is 4.09. The van der Waals surface area contributed by atoms with Gasteiger partial charge in [0.25, 0.3) is 0 Å². The minimum atomic E-state index is 0.179. The summed E-state index contributed by atoms with van der Waals surface area (Å²) >= 11 is 0. The van der Waals surface area contributed by atoms with Crippen LogP contribution in [0, 0.1) is 0 Å². The van der Waals surface area contributed by atoms with Crippen LogP contribution in [0.1, 0.15) is 5.82 Å². The van der Waals surface area contributed by atoms with Crippen molar-refractivity contribution in [1.29, 1.82) is 0 Å². The second-order valence-electron chi connectivity index (χ2n) is 3.72. The molecule has 0 aliphatic rings. The fourth-order valence-electron chi connectivity index (χ4n) is 1.57. The van der Waals surface area contributed by atoms with E-state index in [1.54, 1.807) is 17.0 Å². The van der Waals surface area contributed by atoms with E-state index in [0.29, 0.717) is 17.7 Å². The quantitative estimate of drug-likeness (QED) is 0.700. The maximum Gasteiger partial charge on any atom is 0.317 e. The predicted octanol–water partition coefficient (Wildman–Crippen LogP) is -0.0308. The molecule has 3 aromatic heterocycles. The molecule has 0 unspecified atom stereocenters. The molecule has 0 saturated heterocycles. The first kappa shape index (κ1) is 11.3. The number of aromatic amines is 1. The van der Waals surface area contributed by atoms with Crippen molar-refractivity contribution in [2.75, 3.05) is 0 Å². The summed E-state index contributed by atoms with van der Waals surface area (Å²) < 4.78 is 7.22. The molecule has 19 heavy (non-hydrogen) atoms. The molecule has 96 valence electrons. The van der Waals surface area contributed by atoms with Crippen LogP contribution in [0.4, 0.5) is 0 Å². The summed E-state index contributed by atoms with van der Waals surface area (Å²) in [5, 5.41) is 21.4. The average molecular weight is 258 g/mol. The topological polar surface area (TPSA) is 107 Å². The van der Waals surface area contributed by atoms with Gasteiger partial charge in [-0.1, -0.05) is 10.3 Å². The van der Waals surface area contributed by atoms with Gasteiger partial charge in [0.1, 0.15) is 0 Å².